The van der Waals surface area contributed by atoms with Crippen LogP contribution in [0.2, 0.25) is 0 Å². The molecule has 0 N–H and O–H groups in total. The Morgan fingerprint density at radius 3 is 1.55 bits per heavy atom. The van der Waals surface area contributed by atoms with Gasteiger partial charge in [0.05, 0.1) is 67.7 Å². The molecule has 5 nitrogen and oxygen atoms in total. The highest BCUT2D eigenvalue weighted by Crippen LogP contribution is 2.42. The Morgan fingerprint density at radius 1 is 0.345 bits per heavy atom. The van der Waals surface area contributed by atoms with E-state index in [9.17, 15) is 10.5 Å². The van der Waals surface area contributed by atoms with E-state index in [0.29, 0.717) is 11.1 Å². The zero-order chi connectivity index (χ0) is 36.6. The van der Waals surface area contributed by atoms with Crippen LogP contribution in [0.5, 0.6) is 0 Å². The number of rotatable bonds is 4. The standard InChI is InChI=1S/C50H29N5/c51-30-32-24-26-40-39-15-2-6-17-42(39)53(49(40)28-32)34-25-27-35(33(29-34)31-52)36-12-1-7-18-43(36)55-46-21-10-5-16-41(46)50-47(22-11-23-48(50)55)54-44-19-8-3-13-37(44)38-14-4-9-20-45(38)54/h1-29H. The van der Waals surface area contributed by atoms with Gasteiger partial charge in [-0.05, 0) is 66.7 Å². The number of aromatic nitrogens is 3. The van der Waals surface area contributed by atoms with Crippen LogP contribution in [0.4, 0.5) is 0 Å². The summed E-state index contributed by atoms with van der Waals surface area (Å²) in [5.41, 5.74) is 12.4. The molecule has 0 aliphatic rings. The summed E-state index contributed by atoms with van der Waals surface area (Å²) in [7, 11) is 0. The Bertz CT molecular complexity index is 3420. The van der Waals surface area contributed by atoms with E-state index in [1.165, 1.54) is 27.2 Å². The van der Waals surface area contributed by atoms with Crippen molar-refractivity contribution >= 4 is 65.4 Å². The zero-order valence-electron chi connectivity index (χ0n) is 29.5. The first-order valence-electron chi connectivity index (χ1n) is 18.3. The Hall–Kier alpha value is -7.86. The number of hydrogen-bond acceptors (Lipinski definition) is 2. The molecule has 0 bridgehead atoms. The third-order valence-corrected chi connectivity index (χ3v) is 11.1. The highest BCUT2D eigenvalue weighted by Gasteiger charge is 2.22. The van der Waals surface area contributed by atoms with Crippen LogP contribution in [0, 0.1) is 22.7 Å². The van der Waals surface area contributed by atoms with E-state index in [1.807, 2.05) is 42.5 Å². The molecule has 0 spiro atoms. The second-order valence-corrected chi connectivity index (χ2v) is 13.9. The van der Waals surface area contributed by atoms with Crippen molar-refractivity contribution < 1.29 is 0 Å². The number of benzene rings is 8. The lowest BCUT2D eigenvalue weighted by Gasteiger charge is -2.16. The van der Waals surface area contributed by atoms with E-state index in [1.54, 1.807) is 0 Å². The summed E-state index contributed by atoms with van der Waals surface area (Å²) in [6, 6.07) is 65.9. The summed E-state index contributed by atoms with van der Waals surface area (Å²) in [6.07, 6.45) is 0. The van der Waals surface area contributed by atoms with Gasteiger partial charge < -0.3 is 13.7 Å². The molecular weight excluding hydrogens is 671 g/mol. The molecule has 11 rings (SSSR count). The fraction of sp³-hybridized carbons (Fsp3) is 0. The predicted molar refractivity (Wildman–Crippen MR) is 224 cm³/mol. The molecule has 3 aromatic heterocycles. The molecule has 3 heterocycles. The highest BCUT2D eigenvalue weighted by atomic mass is 15.0. The monoisotopic (exact) mass is 699 g/mol. The maximum atomic E-state index is 10.8. The first-order chi connectivity index (χ1) is 27.2. The molecule has 0 aliphatic heterocycles. The molecule has 0 atom stereocenters. The summed E-state index contributed by atoms with van der Waals surface area (Å²) in [5.74, 6) is 0. The van der Waals surface area contributed by atoms with Gasteiger partial charge in [-0.3, -0.25) is 0 Å². The van der Waals surface area contributed by atoms with E-state index in [4.69, 9.17) is 0 Å². The average Bonchev–Trinajstić information content (AvgIpc) is 3.89. The van der Waals surface area contributed by atoms with E-state index < -0.39 is 0 Å². The molecule has 0 saturated carbocycles. The summed E-state index contributed by atoms with van der Waals surface area (Å²) in [5, 5.41) is 27.5. The molecule has 55 heavy (non-hydrogen) atoms. The summed E-state index contributed by atoms with van der Waals surface area (Å²) in [6.45, 7) is 0. The van der Waals surface area contributed by atoms with Crippen LogP contribution in [0.3, 0.4) is 0 Å². The van der Waals surface area contributed by atoms with Gasteiger partial charge in [-0.25, -0.2) is 0 Å². The van der Waals surface area contributed by atoms with Crippen LogP contribution >= 0.6 is 0 Å². The second kappa shape index (κ2) is 11.8. The van der Waals surface area contributed by atoms with Crippen LogP contribution in [-0.4, -0.2) is 13.7 Å². The van der Waals surface area contributed by atoms with Gasteiger partial charge in [-0.1, -0.05) is 109 Å². The van der Waals surface area contributed by atoms with Crippen molar-refractivity contribution in [3.8, 4) is 40.3 Å². The van der Waals surface area contributed by atoms with Crippen molar-refractivity contribution in [2.45, 2.75) is 0 Å². The number of para-hydroxylation sites is 5. The van der Waals surface area contributed by atoms with E-state index in [2.05, 4.69) is 159 Å². The van der Waals surface area contributed by atoms with Crippen molar-refractivity contribution in [1.29, 1.82) is 10.5 Å². The third-order valence-electron chi connectivity index (χ3n) is 11.1. The molecule has 0 amide bonds. The van der Waals surface area contributed by atoms with Gasteiger partial charge in [0.25, 0.3) is 0 Å². The van der Waals surface area contributed by atoms with Crippen molar-refractivity contribution in [3.05, 3.63) is 187 Å². The van der Waals surface area contributed by atoms with Crippen molar-refractivity contribution in [2.75, 3.05) is 0 Å². The number of hydrogen-bond donors (Lipinski definition) is 0. The van der Waals surface area contributed by atoms with Gasteiger partial charge in [0.1, 0.15) is 0 Å². The summed E-state index contributed by atoms with van der Waals surface area (Å²) in [4.78, 5) is 0. The van der Waals surface area contributed by atoms with Crippen LogP contribution in [0.1, 0.15) is 11.1 Å². The van der Waals surface area contributed by atoms with Crippen LogP contribution in [-0.2, 0) is 0 Å². The molecule has 0 aliphatic carbocycles. The fourth-order valence-corrected chi connectivity index (χ4v) is 8.84. The summed E-state index contributed by atoms with van der Waals surface area (Å²) >= 11 is 0. The number of nitriles is 2. The minimum atomic E-state index is 0.569. The Labute approximate surface area is 316 Å². The highest BCUT2D eigenvalue weighted by molar-refractivity contribution is 6.17. The maximum Gasteiger partial charge on any atom is 0.0998 e. The van der Waals surface area contributed by atoms with Crippen molar-refractivity contribution in [1.82, 2.24) is 13.7 Å². The van der Waals surface area contributed by atoms with Gasteiger partial charge >= 0.3 is 0 Å². The Kier molecular flexibility index (Phi) is 6.61. The van der Waals surface area contributed by atoms with Gasteiger partial charge in [0.2, 0.25) is 0 Å². The van der Waals surface area contributed by atoms with E-state index in [0.717, 1.165) is 66.4 Å². The largest absolute Gasteiger partial charge is 0.309 e. The SMILES string of the molecule is N#Cc1ccc2c3ccccc3n(-c3ccc(-c4ccccc4-n4c5ccccc5c5c(-n6c7ccccc7c7ccccc76)cccc54)c(C#N)c3)c2c1. The Balaban J connectivity index is 1.15. The first kappa shape index (κ1) is 30.7. The fourth-order valence-electron chi connectivity index (χ4n) is 8.84. The van der Waals surface area contributed by atoms with Crippen LogP contribution in [0.25, 0.3) is 93.6 Å². The molecule has 254 valence electrons. The molecule has 0 saturated heterocycles. The van der Waals surface area contributed by atoms with Crippen molar-refractivity contribution in [2.24, 2.45) is 0 Å². The van der Waals surface area contributed by atoms with Crippen LogP contribution in [0.15, 0.2) is 176 Å². The van der Waals surface area contributed by atoms with Gasteiger partial charge in [0, 0.05) is 49.1 Å². The quantitative estimate of drug-likeness (QED) is 0.184. The second-order valence-electron chi connectivity index (χ2n) is 13.9. The van der Waals surface area contributed by atoms with Gasteiger partial charge in [-0.2, -0.15) is 10.5 Å². The number of fused-ring (bicyclic) bond motifs is 9. The smallest absolute Gasteiger partial charge is 0.0998 e. The number of nitrogens with zero attached hydrogens (tertiary/aromatic N) is 5. The average molecular weight is 700 g/mol. The van der Waals surface area contributed by atoms with E-state index in [-0.39, 0.29) is 0 Å². The summed E-state index contributed by atoms with van der Waals surface area (Å²) < 4.78 is 6.91. The molecule has 5 heteroatoms. The van der Waals surface area contributed by atoms with Gasteiger partial charge in [-0.15, -0.1) is 0 Å². The maximum absolute atomic E-state index is 10.8. The van der Waals surface area contributed by atoms with Gasteiger partial charge in [0.15, 0.2) is 0 Å². The molecule has 8 aromatic carbocycles. The molecule has 0 fully saturated rings. The topological polar surface area (TPSA) is 62.4 Å². The lowest BCUT2D eigenvalue weighted by Crippen LogP contribution is -2.00. The predicted octanol–water partition coefficient (Wildman–Crippen LogP) is 12.4. The first-order valence-corrected chi connectivity index (χ1v) is 18.3. The zero-order valence-corrected chi connectivity index (χ0v) is 29.5. The van der Waals surface area contributed by atoms with Crippen LogP contribution < -0.4 is 0 Å². The molecular formula is C50H29N5. The Morgan fingerprint density at radius 2 is 0.873 bits per heavy atom. The van der Waals surface area contributed by atoms with E-state index >= 15 is 0 Å². The molecule has 0 radical (unpaired) electrons. The normalized spacial score (nSPS) is 11.6. The van der Waals surface area contributed by atoms with Crippen molar-refractivity contribution in [3.63, 3.8) is 0 Å². The molecule has 11 aromatic rings. The molecule has 0 unspecified atom stereocenters. The lowest BCUT2D eigenvalue weighted by molar-refractivity contribution is 1.16. The minimum absolute atomic E-state index is 0.569. The lowest BCUT2D eigenvalue weighted by atomic mass is 9.97. The third kappa shape index (κ3) is 4.39. The minimum Gasteiger partial charge on any atom is -0.309 e.